The van der Waals surface area contributed by atoms with E-state index in [-0.39, 0.29) is 32.0 Å². The zero-order valence-corrected chi connectivity index (χ0v) is 44.1. The van der Waals surface area contributed by atoms with Crippen molar-refractivity contribution in [3.63, 3.8) is 0 Å². The number of aliphatic hydroxyl groups is 4. The molecule has 0 bridgehead atoms. The second kappa shape index (κ2) is 48.8. The summed E-state index contributed by atoms with van der Waals surface area (Å²) in [5, 5.41) is 40.3. The summed E-state index contributed by atoms with van der Waals surface area (Å²) in [5.74, 6) is -0.839. The van der Waals surface area contributed by atoms with Gasteiger partial charge in [-0.05, 0) is 44.9 Å². The van der Waals surface area contributed by atoms with Crippen LogP contribution in [0.5, 0.6) is 0 Å². The Morgan fingerprint density at radius 1 is 0.441 bits per heavy atom. The Morgan fingerprint density at radius 3 is 1.24 bits per heavy atom. The molecule has 1 aliphatic heterocycles. The molecule has 0 amide bonds. The molecule has 10 heteroatoms. The molecule has 0 aromatic rings. The number of hydrogen-bond acceptors (Lipinski definition) is 10. The van der Waals surface area contributed by atoms with Crippen LogP contribution in [0.2, 0.25) is 0 Å². The van der Waals surface area contributed by atoms with Crippen molar-refractivity contribution in [1.82, 2.24) is 0 Å². The molecule has 1 fully saturated rings. The number of ether oxygens (including phenoxy) is 4. The van der Waals surface area contributed by atoms with Crippen LogP contribution >= 0.6 is 0 Å². The molecule has 0 saturated carbocycles. The van der Waals surface area contributed by atoms with Crippen LogP contribution in [0.15, 0.2) is 24.3 Å². The highest BCUT2D eigenvalue weighted by molar-refractivity contribution is 5.70. The number of aliphatic hydroxyl groups excluding tert-OH is 4. The zero-order chi connectivity index (χ0) is 49.4. The number of esters is 2. The summed E-state index contributed by atoms with van der Waals surface area (Å²) in [6.07, 6.45) is 50.7. The Hall–Kier alpha value is -1.82. The highest BCUT2D eigenvalue weighted by Crippen LogP contribution is 2.23. The molecule has 0 radical (unpaired) electrons. The van der Waals surface area contributed by atoms with Gasteiger partial charge in [0.05, 0.1) is 13.2 Å². The van der Waals surface area contributed by atoms with E-state index in [1.807, 2.05) is 0 Å². The fraction of sp³-hybridized carbons (Fsp3) is 0.897. The van der Waals surface area contributed by atoms with Crippen molar-refractivity contribution in [2.24, 2.45) is 0 Å². The molecular formula is C58H108O10. The van der Waals surface area contributed by atoms with Crippen molar-refractivity contribution >= 4 is 11.9 Å². The van der Waals surface area contributed by atoms with Crippen LogP contribution in [0, 0.1) is 0 Å². The highest BCUT2D eigenvalue weighted by Gasteiger charge is 2.44. The summed E-state index contributed by atoms with van der Waals surface area (Å²) in [7, 11) is 0. The van der Waals surface area contributed by atoms with E-state index in [9.17, 15) is 30.0 Å². The highest BCUT2D eigenvalue weighted by atomic mass is 16.7. The molecule has 400 valence electrons. The first-order valence-electron chi connectivity index (χ1n) is 28.9. The third-order valence-electron chi connectivity index (χ3n) is 13.6. The third kappa shape index (κ3) is 38.9. The van der Waals surface area contributed by atoms with Gasteiger partial charge in [0.25, 0.3) is 0 Å². The van der Waals surface area contributed by atoms with Crippen molar-refractivity contribution in [2.45, 2.75) is 314 Å². The van der Waals surface area contributed by atoms with E-state index in [1.54, 1.807) is 0 Å². The molecule has 2 unspecified atom stereocenters. The van der Waals surface area contributed by atoms with E-state index in [4.69, 9.17) is 18.9 Å². The molecule has 10 nitrogen and oxygen atoms in total. The van der Waals surface area contributed by atoms with Gasteiger partial charge in [-0.3, -0.25) is 9.59 Å². The van der Waals surface area contributed by atoms with Gasteiger partial charge in [0.2, 0.25) is 0 Å². The SMILES string of the molecule is CCCCCCCCCCCCCCCC/C=C/CC/C=C/CCCC(=O)O[C@H](COC(=O)CCCCCCCCCCCCCCCCCCCCCC)CO[C@@H]1O[C@H](CO)[C@H](O)C(O)C1O. The Morgan fingerprint density at radius 2 is 0.809 bits per heavy atom. The molecular weight excluding hydrogens is 857 g/mol. The standard InChI is InChI=1S/C58H108O10/c1-3-5-7-9-11-13-15-17-19-21-23-25-26-27-29-31-33-35-37-39-41-43-45-47-54(61)67-51(50-66-58-57(64)56(63)55(62)52(48-59)68-58)49-65-53(60)46-44-42-40-38-36-34-32-30-28-24-22-20-18-16-14-12-10-8-6-4-2/h31,33,39,41,51-52,55-59,62-64H,3-30,32,34-38,40,42-50H2,1-2H3/b33-31+,41-39+/t51-,52-,55+,56?,57?,58-/m1/s1. The Balaban J connectivity index is 2.22. The molecule has 0 aromatic heterocycles. The first-order valence-corrected chi connectivity index (χ1v) is 28.9. The lowest BCUT2D eigenvalue weighted by atomic mass is 9.99. The van der Waals surface area contributed by atoms with E-state index in [0.717, 1.165) is 44.9 Å². The van der Waals surface area contributed by atoms with E-state index in [1.165, 1.54) is 199 Å². The molecule has 68 heavy (non-hydrogen) atoms. The summed E-state index contributed by atoms with van der Waals surface area (Å²) >= 11 is 0. The zero-order valence-electron chi connectivity index (χ0n) is 44.1. The normalized spacial score (nSPS) is 19.1. The lowest BCUT2D eigenvalue weighted by Crippen LogP contribution is -2.59. The molecule has 1 rings (SSSR count). The summed E-state index contributed by atoms with van der Waals surface area (Å²) in [5.41, 5.74) is 0. The maximum Gasteiger partial charge on any atom is 0.306 e. The van der Waals surface area contributed by atoms with Crippen LogP contribution in [-0.4, -0.2) is 89.0 Å². The topological polar surface area (TPSA) is 152 Å². The minimum atomic E-state index is -1.60. The minimum absolute atomic E-state index is 0.174. The second-order valence-electron chi connectivity index (χ2n) is 20.1. The quantitative estimate of drug-likeness (QED) is 0.0263. The molecule has 1 aliphatic rings. The minimum Gasteiger partial charge on any atom is -0.462 e. The molecule has 6 atom stereocenters. The summed E-state index contributed by atoms with van der Waals surface area (Å²) in [4.78, 5) is 25.5. The fourth-order valence-corrected chi connectivity index (χ4v) is 9.04. The number of allylic oxidation sites excluding steroid dienone is 4. The van der Waals surface area contributed by atoms with Crippen molar-refractivity contribution in [3.8, 4) is 0 Å². The lowest BCUT2D eigenvalue weighted by molar-refractivity contribution is -0.305. The van der Waals surface area contributed by atoms with Gasteiger partial charge >= 0.3 is 11.9 Å². The van der Waals surface area contributed by atoms with Gasteiger partial charge < -0.3 is 39.4 Å². The summed E-state index contributed by atoms with van der Waals surface area (Å²) in [6, 6.07) is 0. The van der Waals surface area contributed by atoms with Crippen molar-refractivity contribution < 1.29 is 49.0 Å². The van der Waals surface area contributed by atoms with Crippen LogP contribution in [0.25, 0.3) is 0 Å². The number of rotatable bonds is 50. The summed E-state index contributed by atoms with van der Waals surface area (Å²) in [6.45, 7) is 3.45. The third-order valence-corrected chi connectivity index (χ3v) is 13.6. The molecule has 4 N–H and O–H groups in total. The number of unbranched alkanes of at least 4 members (excludes halogenated alkanes) is 35. The second-order valence-corrected chi connectivity index (χ2v) is 20.1. The lowest BCUT2D eigenvalue weighted by Gasteiger charge is -2.39. The number of carbonyl (C=O) groups excluding carboxylic acids is 2. The molecule has 0 aliphatic carbocycles. The Bertz CT molecular complexity index is 1160. The smallest absolute Gasteiger partial charge is 0.306 e. The average Bonchev–Trinajstić information content (AvgIpc) is 3.34. The first-order chi connectivity index (χ1) is 33.3. The maximum atomic E-state index is 12.9. The Labute approximate surface area is 417 Å². The first kappa shape index (κ1) is 64.2. The van der Waals surface area contributed by atoms with Gasteiger partial charge in [0.1, 0.15) is 31.0 Å². The monoisotopic (exact) mass is 965 g/mol. The predicted molar refractivity (Wildman–Crippen MR) is 279 cm³/mol. The van der Waals surface area contributed by atoms with Gasteiger partial charge in [-0.15, -0.1) is 0 Å². The Kier molecular flexibility index (Phi) is 46.1. The van der Waals surface area contributed by atoms with Crippen molar-refractivity contribution in [2.75, 3.05) is 19.8 Å². The predicted octanol–water partition coefficient (Wildman–Crippen LogP) is 14.4. The van der Waals surface area contributed by atoms with E-state index >= 15 is 0 Å². The van der Waals surface area contributed by atoms with Crippen LogP contribution in [0.1, 0.15) is 277 Å². The molecule has 0 spiro atoms. The molecule has 0 aromatic carbocycles. The molecule has 1 heterocycles. The van der Waals surface area contributed by atoms with Gasteiger partial charge in [-0.2, -0.15) is 0 Å². The summed E-state index contributed by atoms with van der Waals surface area (Å²) < 4.78 is 22.3. The van der Waals surface area contributed by atoms with E-state index in [2.05, 4.69) is 38.2 Å². The van der Waals surface area contributed by atoms with Gasteiger partial charge in [-0.25, -0.2) is 0 Å². The van der Waals surface area contributed by atoms with Gasteiger partial charge in [0.15, 0.2) is 12.4 Å². The van der Waals surface area contributed by atoms with Crippen molar-refractivity contribution in [3.05, 3.63) is 24.3 Å². The number of carbonyl (C=O) groups is 2. The van der Waals surface area contributed by atoms with Crippen LogP contribution in [0.4, 0.5) is 0 Å². The van der Waals surface area contributed by atoms with Crippen LogP contribution < -0.4 is 0 Å². The van der Waals surface area contributed by atoms with Crippen LogP contribution in [-0.2, 0) is 28.5 Å². The van der Waals surface area contributed by atoms with Gasteiger partial charge in [0, 0.05) is 12.8 Å². The van der Waals surface area contributed by atoms with Crippen molar-refractivity contribution in [1.29, 1.82) is 0 Å². The fourth-order valence-electron chi connectivity index (χ4n) is 9.04. The molecule has 1 saturated heterocycles. The van der Waals surface area contributed by atoms with E-state index in [0.29, 0.717) is 6.42 Å². The van der Waals surface area contributed by atoms with E-state index < -0.39 is 49.4 Å². The number of hydrogen-bond donors (Lipinski definition) is 4. The average molecular weight is 965 g/mol. The van der Waals surface area contributed by atoms with Gasteiger partial charge in [-0.1, -0.05) is 244 Å². The largest absolute Gasteiger partial charge is 0.462 e. The maximum absolute atomic E-state index is 12.9. The van der Waals surface area contributed by atoms with Crippen LogP contribution in [0.3, 0.4) is 0 Å².